The Bertz CT molecular complexity index is 580. The fraction of sp³-hybridized carbons (Fsp3) is 0.737. The van der Waals surface area contributed by atoms with Gasteiger partial charge in [-0.15, -0.1) is 35.3 Å². The van der Waals surface area contributed by atoms with Crippen molar-refractivity contribution in [2.75, 3.05) is 39.3 Å². The van der Waals surface area contributed by atoms with Crippen molar-refractivity contribution in [1.82, 2.24) is 15.5 Å². The Kier molecular flexibility index (Phi) is 9.27. The molecule has 8 heteroatoms. The lowest BCUT2D eigenvalue weighted by molar-refractivity contribution is -0.0334. The van der Waals surface area contributed by atoms with E-state index >= 15 is 0 Å². The number of hydrogen-bond acceptors (Lipinski definition) is 5. The molecule has 2 atom stereocenters. The summed E-state index contributed by atoms with van der Waals surface area (Å²) in [6.07, 6.45) is 3.09. The van der Waals surface area contributed by atoms with Crippen LogP contribution in [0, 0.1) is 0 Å². The summed E-state index contributed by atoms with van der Waals surface area (Å²) in [5.74, 6) is 0.788. The van der Waals surface area contributed by atoms with Crippen molar-refractivity contribution in [3.8, 4) is 0 Å². The molecule has 2 aliphatic rings. The Hall–Kier alpha value is -0.420. The topological polar surface area (TPSA) is 69.1 Å². The Morgan fingerprint density at radius 3 is 2.89 bits per heavy atom. The van der Waals surface area contributed by atoms with Crippen LogP contribution >= 0.6 is 35.3 Å². The van der Waals surface area contributed by atoms with E-state index in [1.165, 1.54) is 4.88 Å². The number of morpholine rings is 1. The number of guanidine groups is 1. The molecule has 3 rings (SSSR count). The van der Waals surface area contributed by atoms with E-state index in [1.54, 1.807) is 11.3 Å². The van der Waals surface area contributed by atoms with E-state index in [0.717, 1.165) is 58.0 Å². The van der Waals surface area contributed by atoms with Crippen LogP contribution in [0.25, 0.3) is 0 Å². The molecular weight excluding hydrogens is 475 g/mol. The van der Waals surface area contributed by atoms with E-state index in [2.05, 4.69) is 51.9 Å². The third-order valence-electron chi connectivity index (χ3n) is 5.21. The van der Waals surface area contributed by atoms with Gasteiger partial charge in [0.1, 0.15) is 0 Å². The van der Waals surface area contributed by atoms with Gasteiger partial charge in [0.05, 0.1) is 30.9 Å². The predicted octanol–water partition coefficient (Wildman–Crippen LogP) is 2.60. The summed E-state index contributed by atoms with van der Waals surface area (Å²) in [7, 11) is 0. The standard InChI is InChI=1S/C19H32N4O2S.HI/c1-3-20-18(22-14-19(24)7-5-8-19)21-12-16(17-6-4-11-26-17)23-9-10-25-15(2)13-23;/h4,6,11,15-16,24H,3,5,7-10,12-14H2,1-2H3,(H2,20,21,22);1H. The summed E-state index contributed by atoms with van der Waals surface area (Å²) in [6.45, 7) is 8.94. The molecule has 0 bridgehead atoms. The second-order valence-electron chi connectivity index (χ2n) is 7.36. The molecular formula is C19H33IN4O2S. The zero-order valence-electron chi connectivity index (χ0n) is 16.3. The molecule has 1 aromatic rings. The van der Waals surface area contributed by atoms with Gasteiger partial charge in [-0.2, -0.15) is 0 Å². The van der Waals surface area contributed by atoms with Gasteiger partial charge in [0, 0.05) is 31.1 Å². The van der Waals surface area contributed by atoms with Gasteiger partial charge in [0.25, 0.3) is 0 Å². The van der Waals surface area contributed by atoms with Gasteiger partial charge in [0.2, 0.25) is 0 Å². The Balaban J connectivity index is 0.00000261. The first-order valence-electron chi connectivity index (χ1n) is 9.73. The Morgan fingerprint density at radius 2 is 2.30 bits per heavy atom. The van der Waals surface area contributed by atoms with Gasteiger partial charge in [-0.3, -0.25) is 9.89 Å². The third kappa shape index (κ3) is 6.56. The average molecular weight is 508 g/mol. The summed E-state index contributed by atoms with van der Waals surface area (Å²) in [5.41, 5.74) is -0.588. The van der Waals surface area contributed by atoms with Crippen LogP contribution in [0.15, 0.2) is 22.5 Å². The molecule has 27 heavy (non-hydrogen) atoms. The molecule has 3 N–H and O–H groups in total. The zero-order valence-corrected chi connectivity index (χ0v) is 19.5. The molecule has 2 fully saturated rings. The average Bonchev–Trinajstić information content (AvgIpc) is 3.12. The van der Waals surface area contributed by atoms with Gasteiger partial charge in [0.15, 0.2) is 5.96 Å². The molecule has 2 unspecified atom stereocenters. The summed E-state index contributed by atoms with van der Waals surface area (Å²) < 4.78 is 5.71. The van der Waals surface area contributed by atoms with E-state index in [0.29, 0.717) is 12.6 Å². The maximum absolute atomic E-state index is 10.3. The summed E-state index contributed by atoms with van der Waals surface area (Å²) in [6, 6.07) is 4.62. The van der Waals surface area contributed by atoms with Crippen molar-refractivity contribution in [3.05, 3.63) is 22.4 Å². The molecule has 1 aliphatic carbocycles. The molecule has 1 aromatic heterocycles. The highest BCUT2D eigenvalue weighted by Gasteiger charge is 2.34. The molecule has 1 saturated heterocycles. The van der Waals surface area contributed by atoms with Crippen molar-refractivity contribution in [2.24, 2.45) is 4.99 Å². The number of aliphatic imine (C=N–C) groups is 1. The lowest BCUT2D eigenvalue weighted by Gasteiger charge is -2.37. The molecule has 0 amide bonds. The smallest absolute Gasteiger partial charge is 0.191 e. The Labute approximate surface area is 183 Å². The third-order valence-corrected chi connectivity index (χ3v) is 6.18. The number of hydrogen-bond donors (Lipinski definition) is 3. The van der Waals surface area contributed by atoms with Crippen LogP contribution in [0.1, 0.15) is 44.0 Å². The minimum absolute atomic E-state index is 0. The van der Waals surface area contributed by atoms with Gasteiger partial charge in [-0.1, -0.05) is 6.07 Å². The predicted molar refractivity (Wildman–Crippen MR) is 122 cm³/mol. The quantitative estimate of drug-likeness (QED) is 0.300. The van der Waals surface area contributed by atoms with Gasteiger partial charge >= 0.3 is 0 Å². The highest BCUT2D eigenvalue weighted by molar-refractivity contribution is 14.0. The largest absolute Gasteiger partial charge is 0.388 e. The number of thiophene rings is 1. The van der Waals surface area contributed by atoms with Crippen molar-refractivity contribution in [1.29, 1.82) is 0 Å². The second-order valence-corrected chi connectivity index (χ2v) is 8.34. The molecule has 0 aromatic carbocycles. The molecule has 1 aliphatic heterocycles. The fourth-order valence-corrected chi connectivity index (χ4v) is 4.38. The zero-order chi connectivity index (χ0) is 18.4. The van der Waals surface area contributed by atoms with E-state index in [-0.39, 0.29) is 30.1 Å². The SMILES string of the molecule is CCNC(=NCC1(O)CCC1)NCC(c1cccs1)N1CCOC(C)C1.I. The molecule has 2 heterocycles. The van der Waals surface area contributed by atoms with Crippen LogP contribution < -0.4 is 10.6 Å². The number of nitrogens with one attached hydrogen (secondary N) is 2. The number of nitrogens with zero attached hydrogens (tertiary/aromatic N) is 2. The molecule has 6 nitrogen and oxygen atoms in total. The lowest BCUT2D eigenvalue weighted by Crippen LogP contribution is -2.48. The van der Waals surface area contributed by atoms with E-state index in [1.807, 2.05) is 0 Å². The molecule has 154 valence electrons. The fourth-order valence-electron chi connectivity index (χ4n) is 3.52. The maximum Gasteiger partial charge on any atom is 0.191 e. The highest BCUT2D eigenvalue weighted by atomic mass is 127. The van der Waals surface area contributed by atoms with Crippen molar-refractivity contribution >= 4 is 41.3 Å². The van der Waals surface area contributed by atoms with E-state index in [4.69, 9.17) is 4.74 Å². The van der Waals surface area contributed by atoms with Crippen LogP contribution in [0.2, 0.25) is 0 Å². The number of aliphatic hydroxyl groups is 1. The number of halogens is 1. The summed E-state index contributed by atoms with van der Waals surface area (Å²) >= 11 is 1.80. The van der Waals surface area contributed by atoms with Crippen LogP contribution in [0.4, 0.5) is 0 Å². The Morgan fingerprint density at radius 1 is 1.48 bits per heavy atom. The van der Waals surface area contributed by atoms with Crippen LogP contribution in [0.3, 0.4) is 0 Å². The van der Waals surface area contributed by atoms with Gasteiger partial charge in [-0.25, -0.2) is 0 Å². The first-order chi connectivity index (χ1) is 12.6. The number of ether oxygens (including phenoxy) is 1. The first kappa shape index (κ1) is 22.9. The van der Waals surface area contributed by atoms with Gasteiger partial charge < -0.3 is 20.5 Å². The monoisotopic (exact) mass is 508 g/mol. The van der Waals surface area contributed by atoms with Crippen molar-refractivity contribution < 1.29 is 9.84 Å². The van der Waals surface area contributed by atoms with Crippen molar-refractivity contribution in [2.45, 2.75) is 50.9 Å². The minimum atomic E-state index is -0.588. The molecule has 1 saturated carbocycles. The lowest BCUT2D eigenvalue weighted by atomic mass is 9.80. The van der Waals surface area contributed by atoms with E-state index < -0.39 is 5.60 Å². The normalized spacial score (nSPS) is 23.8. The maximum atomic E-state index is 10.3. The highest BCUT2D eigenvalue weighted by Crippen LogP contribution is 2.31. The molecule has 0 radical (unpaired) electrons. The second kappa shape index (κ2) is 10.9. The summed E-state index contributed by atoms with van der Waals surface area (Å²) in [5, 5.41) is 19.2. The van der Waals surface area contributed by atoms with Gasteiger partial charge in [-0.05, 0) is 44.6 Å². The van der Waals surface area contributed by atoms with Crippen molar-refractivity contribution in [3.63, 3.8) is 0 Å². The number of rotatable bonds is 7. The summed E-state index contributed by atoms with van der Waals surface area (Å²) in [4.78, 5) is 8.48. The van der Waals surface area contributed by atoms with Crippen LogP contribution in [0.5, 0.6) is 0 Å². The minimum Gasteiger partial charge on any atom is -0.388 e. The van der Waals surface area contributed by atoms with Crippen LogP contribution in [-0.2, 0) is 4.74 Å². The van der Waals surface area contributed by atoms with Crippen LogP contribution in [-0.4, -0.2) is 67.0 Å². The first-order valence-corrected chi connectivity index (χ1v) is 10.6. The van der Waals surface area contributed by atoms with E-state index in [9.17, 15) is 5.11 Å². The molecule has 0 spiro atoms.